The van der Waals surface area contributed by atoms with Crippen LogP contribution in [0.1, 0.15) is 5.56 Å². The number of phenols is 1. The van der Waals surface area contributed by atoms with Crippen LogP contribution in [0.15, 0.2) is 23.2 Å². The fraction of sp³-hybridized carbons (Fsp3) is 0.364. The summed E-state index contributed by atoms with van der Waals surface area (Å²) in [5.41, 5.74) is 0.812. The SMILES string of the molecule is CN=Cc1cccc([Si](C)(C)C)c1O.[Cl][Zr][Cl]. The fourth-order valence-electron chi connectivity index (χ4n) is 1.41. The van der Waals surface area contributed by atoms with Gasteiger partial charge in [0.25, 0.3) is 0 Å². The average molecular weight is 369 g/mol. The van der Waals surface area contributed by atoms with Crippen LogP contribution >= 0.6 is 17.0 Å². The first-order chi connectivity index (χ1) is 7.88. The van der Waals surface area contributed by atoms with Crippen molar-refractivity contribution in [3.8, 4) is 5.75 Å². The van der Waals surface area contributed by atoms with Gasteiger partial charge in [-0.2, -0.15) is 0 Å². The second kappa shape index (κ2) is 8.47. The van der Waals surface area contributed by atoms with Crippen molar-refractivity contribution < 1.29 is 26.0 Å². The number of aromatic hydroxyl groups is 1. The van der Waals surface area contributed by atoms with E-state index in [0.717, 1.165) is 10.8 Å². The van der Waals surface area contributed by atoms with Crippen molar-refractivity contribution in [3.05, 3.63) is 23.8 Å². The first-order valence-electron chi connectivity index (χ1n) is 5.09. The molecule has 94 valence electrons. The van der Waals surface area contributed by atoms with Crippen LogP contribution < -0.4 is 5.19 Å². The Balaban J connectivity index is 0.000000770. The van der Waals surface area contributed by atoms with Gasteiger partial charge in [-0.3, -0.25) is 4.99 Å². The molecule has 17 heavy (non-hydrogen) atoms. The van der Waals surface area contributed by atoms with Crippen LogP contribution in [0.2, 0.25) is 19.6 Å². The molecule has 1 aromatic rings. The van der Waals surface area contributed by atoms with Gasteiger partial charge in [0.2, 0.25) is 0 Å². The molecule has 0 atom stereocenters. The van der Waals surface area contributed by atoms with E-state index >= 15 is 0 Å². The van der Waals surface area contributed by atoms with Gasteiger partial charge in [-0.1, -0.05) is 31.8 Å². The number of nitrogens with zero attached hydrogens (tertiary/aromatic N) is 1. The molecule has 0 aliphatic heterocycles. The van der Waals surface area contributed by atoms with E-state index in [0.29, 0.717) is 5.75 Å². The zero-order chi connectivity index (χ0) is 13.5. The van der Waals surface area contributed by atoms with Gasteiger partial charge in [0.15, 0.2) is 0 Å². The second-order valence-corrected chi connectivity index (χ2v) is 13.2. The third-order valence-corrected chi connectivity index (χ3v) is 4.16. The van der Waals surface area contributed by atoms with Crippen LogP contribution in [0.25, 0.3) is 0 Å². The number of halogens is 2. The number of aliphatic imine (C=N–C) groups is 1. The van der Waals surface area contributed by atoms with Gasteiger partial charge in [0.05, 0.1) is 8.07 Å². The van der Waals surface area contributed by atoms with Crippen molar-refractivity contribution in [2.24, 2.45) is 4.99 Å². The monoisotopic (exact) mass is 367 g/mol. The maximum absolute atomic E-state index is 10.00. The van der Waals surface area contributed by atoms with E-state index in [1.807, 2.05) is 18.2 Å². The van der Waals surface area contributed by atoms with Crippen molar-refractivity contribution in [2.45, 2.75) is 19.6 Å². The van der Waals surface area contributed by atoms with Gasteiger partial charge >= 0.3 is 37.9 Å². The molecule has 0 aromatic heterocycles. The zero-order valence-electron chi connectivity index (χ0n) is 10.5. The minimum absolute atomic E-state index is 0.400. The van der Waals surface area contributed by atoms with Crippen molar-refractivity contribution >= 4 is 36.5 Å². The molecule has 0 amide bonds. The molecule has 0 saturated heterocycles. The summed E-state index contributed by atoms with van der Waals surface area (Å²) in [5.74, 6) is 0.400. The molecule has 0 bridgehead atoms. The summed E-state index contributed by atoms with van der Waals surface area (Å²) < 4.78 is 0. The molecular weight excluding hydrogens is 352 g/mol. The molecule has 0 unspecified atom stereocenters. The summed E-state index contributed by atoms with van der Waals surface area (Å²) >= 11 is -0.826. The molecule has 6 heteroatoms. The van der Waals surface area contributed by atoms with Crippen LogP contribution in [0.4, 0.5) is 0 Å². The van der Waals surface area contributed by atoms with Crippen LogP contribution in [0.3, 0.4) is 0 Å². The summed E-state index contributed by atoms with van der Waals surface area (Å²) in [6.07, 6.45) is 1.69. The molecule has 0 heterocycles. The predicted octanol–water partition coefficient (Wildman–Crippen LogP) is 3.36. The molecule has 1 rings (SSSR count). The number of phenolic OH excluding ortho intramolecular Hbond substituents is 1. The Labute approximate surface area is 123 Å². The topological polar surface area (TPSA) is 32.6 Å². The number of rotatable bonds is 2. The summed E-state index contributed by atoms with van der Waals surface area (Å²) in [4.78, 5) is 3.92. The Morgan fingerprint density at radius 2 is 1.82 bits per heavy atom. The van der Waals surface area contributed by atoms with Gasteiger partial charge in [-0.05, 0) is 11.3 Å². The Morgan fingerprint density at radius 1 is 1.29 bits per heavy atom. The number of benzene rings is 1. The van der Waals surface area contributed by atoms with Crippen LogP contribution in [0.5, 0.6) is 5.75 Å². The molecule has 0 aliphatic carbocycles. The van der Waals surface area contributed by atoms with Gasteiger partial charge in [0.1, 0.15) is 5.75 Å². The normalized spacial score (nSPS) is 10.9. The van der Waals surface area contributed by atoms with Crippen LogP contribution in [0, 0.1) is 0 Å². The van der Waals surface area contributed by atoms with E-state index in [4.69, 9.17) is 17.0 Å². The van der Waals surface area contributed by atoms with Gasteiger partial charge < -0.3 is 5.11 Å². The average Bonchev–Trinajstić information content (AvgIpc) is 2.21. The van der Waals surface area contributed by atoms with E-state index in [1.165, 1.54) is 0 Å². The molecule has 0 spiro atoms. The van der Waals surface area contributed by atoms with Crippen molar-refractivity contribution in [1.29, 1.82) is 0 Å². The van der Waals surface area contributed by atoms with Crippen LogP contribution in [-0.4, -0.2) is 26.4 Å². The van der Waals surface area contributed by atoms with E-state index in [9.17, 15) is 5.11 Å². The van der Waals surface area contributed by atoms with Gasteiger partial charge in [-0.15, -0.1) is 0 Å². The van der Waals surface area contributed by atoms with Crippen molar-refractivity contribution in [2.75, 3.05) is 7.05 Å². The summed E-state index contributed by atoms with van der Waals surface area (Å²) in [6.45, 7) is 6.65. The Hall–Kier alpha value is 0.370. The molecule has 0 saturated carbocycles. The summed E-state index contributed by atoms with van der Waals surface area (Å²) in [7, 11) is 10.1. The molecule has 0 aliphatic rings. The predicted molar refractivity (Wildman–Crippen MR) is 76.3 cm³/mol. The van der Waals surface area contributed by atoms with Gasteiger partial charge in [0, 0.05) is 18.8 Å². The van der Waals surface area contributed by atoms with Crippen LogP contribution in [-0.2, 0) is 20.8 Å². The summed E-state index contributed by atoms with van der Waals surface area (Å²) in [5, 5.41) is 11.1. The first kappa shape index (κ1) is 17.4. The minimum atomic E-state index is -1.45. The molecule has 1 aromatic carbocycles. The van der Waals surface area contributed by atoms with Gasteiger partial charge in [-0.25, -0.2) is 0 Å². The number of para-hydroxylation sites is 1. The quantitative estimate of drug-likeness (QED) is 0.629. The second-order valence-electron chi connectivity index (χ2n) is 4.45. The Kier molecular flexibility index (Phi) is 8.65. The molecule has 0 fully saturated rings. The number of hydrogen-bond donors (Lipinski definition) is 1. The Morgan fingerprint density at radius 3 is 2.24 bits per heavy atom. The van der Waals surface area contributed by atoms with E-state index in [-0.39, 0.29) is 0 Å². The maximum atomic E-state index is 10.00. The van der Waals surface area contributed by atoms with Crippen molar-refractivity contribution in [3.63, 3.8) is 0 Å². The fourth-order valence-corrected chi connectivity index (χ4v) is 2.86. The van der Waals surface area contributed by atoms with E-state index < -0.39 is 28.9 Å². The van der Waals surface area contributed by atoms with Crippen molar-refractivity contribution in [1.82, 2.24) is 0 Å². The first-order valence-corrected chi connectivity index (χ1v) is 14.9. The molecular formula is C11H17Cl2NOSiZr. The standard InChI is InChI=1S/C11H17NOSi.2ClH.Zr/c1-12-8-9-6-5-7-10(11(9)13)14(2,3)4;;;/h5-8,13H,1-4H3;2*1H;/q;;;+2/p-2. The number of hydrogen-bond acceptors (Lipinski definition) is 2. The Bertz CT molecular complexity index is 380. The third kappa shape index (κ3) is 6.19. The summed E-state index contributed by atoms with van der Waals surface area (Å²) in [6, 6.07) is 5.87. The molecule has 0 radical (unpaired) electrons. The molecule has 1 N–H and O–H groups in total. The molecule has 2 nitrogen and oxygen atoms in total. The zero-order valence-corrected chi connectivity index (χ0v) is 15.4. The van der Waals surface area contributed by atoms with E-state index in [1.54, 1.807) is 13.3 Å². The third-order valence-electron chi connectivity index (χ3n) is 2.14. The van der Waals surface area contributed by atoms with E-state index in [2.05, 4.69) is 24.6 Å².